The molecular formula is C52H80Cl2N8O6S4. The van der Waals surface area contributed by atoms with E-state index in [0.29, 0.717) is 49.2 Å². The first-order valence-corrected chi connectivity index (χ1v) is 28.1. The number of nitrogens with zero attached hydrogens (tertiary/aromatic N) is 2. The van der Waals surface area contributed by atoms with Gasteiger partial charge in [0.2, 0.25) is 23.6 Å². The zero-order valence-corrected chi connectivity index (χ0v) is 48.1. The van der Waals surface area contributed by atoms with Gasteiger partial charge in [-0.3, -0.25) is 19.2 Å². The van der Waals surface area contributed by atoms with Crippen molar-refractivity contribution in [3.05, 3.63) is 71.8 Å². The monoisotopic (exact) mass is 1110 g/mol. The Kier molecular flexibility index (Phi) is 24.8. The number of rotatable bonds is 23. The summed E-state index contributed by atoms with van der Waals surface area (Å²) >= 11 is 14.7. The molecule has 0 aliphatic carbocycles. The third-order valence-electron chi connectivity index (χ3n) is 14.3. The molecule has 6 rings (SSSR count). The van der Waals surface area contributed by atoms with Crippen LogP contribution in [0.15, 0.2) is 60.7 Å². The minimum atomic E-state index is -0.646. The van der Waals surface area contributed by atoms with Crippen LogP contribution in [0.2, 0.25) is 0 Å². The number of nitrogens with one attached hydrogen (secondary N) is 6. The van der Waals surface area contributed by atoms with E-state index < -0.39 is 47.1 Å². The van der Waals surface area contributed by atoms with E-state index in [-0.39, 0.29) is 71.3 Å². The van der Waals surface area contributed by atoms with Crippen molar-refractivity contribution < 1.29 is 28.7 Å². The second-order valence-corrected chi connectivity index (χ2v) is 24.0. The first-order chi connectivity index (χ1) is 33.5. The van der Waals surface area contributed by atoms with Crippen LogP contribution in [-0.4, -0.2) is 142 Å². The topological polar surface area (TPSA) is 165 Å². The molecule has 2 aromatic carbocycles. The highest BCUT2D eigenvalue weighted by molar-refractivity contribution is 8.00. The van der Waals surface area contributed by atoms with Gasteiger partial charge in [0.1, 0.15) is 24.2 Å². The number of unbranched alkanes of at least 4 members (excludes halogenated alkanes) is 3. The van der Waals surface area contributed by atoms with Crippen molar-refractivity contribution in [3.63, 3.8) is 0 Å². The zero-order valence-electron chi connectivity index (χ0n) is 43.2. The Bertz CT molecular complexity index is 1950. The van der Waals surface area contributed by atoms with Crippen molar-refractivity contribution in [2.24, 2.45) is 10.8 Å². The number of likely N-dealkylation sites (N-methyl/N-ethyl adjacent to an activating group) is 2. The molecule has 4 saturated heterocycles. The van der Waals surface area contributed by atoms with Crippen molar-refractivity contribution in [2.75, 3.05) is 52.0 Å². The van der Waals surface area contributed by atoms with Gasteiger partial charge in [0.05, 0.1) is 58.1 Å². The normalized spacial score (nSPS) is 24.9. The highest BCUT2D eigenvalue weighted by Crippen LogP contribution is 2.48. The number of ether oxygens (including phenoxy) is 2. The molecule has 72 heavy (non-hydrogen) atoms. The van der Waals surface area contributed by atoms with Crippen molar-refractivity contribution in [3.8, 4) is 0 Å². The van der Waals surface area contributed by atoms with Crippen LogP contribution in [0.4, 0.5) is 0 Å². The Balaban J connectivity index is 0.00000562. The lowest BCUT2D eigenvalue weighted by molar-refractivity contribution is -0.142. The van der Waals surface area contributed by atoms with Crippen LogP contribution in [-0.2, 0) is 28.7 Å². The largest absolute Gasteiger partial charge is 0.379 e. The summed E-state index contributed by atoms with van der Waals surface area (Å²) in [5, 5.41) is 19.3. The van der Waals surface area contributed by atoms with Crippen LogP contribution in [0.25, 0.3) is 0 Å². The van der Waals surface area contributed by atoms with Crippen LogP contribution in [0.3, 0.4) is 0 Å². The van der Waals surface area contributed by atoms with Crippen LogP contribution in [0, 0.1) is 10.8 Å². The zero-order chi connectivity index (χ0) is 50.6. The molecule has 4 heterocycles. The van der Waals surface area contributed by atoms with E-state index in [1.807, 2.05) is 98.4 Å². The molecule has 0 saturated carbocycles. The van der Waals surface area contributed by atoms with Crippen molar-refractivity contribution in [2.45, 2.75) is 152 Å². The molecule has 4 aliphatic rings. The minimum Gasteiger partial charge on any atom is -0.379 e. The lowest BCUT2D eigenvalue weighted by Crippen LogP contribution is -2.58. The first-order valence-electron chi connectivity index (χ1n) is 25.2. The van der Waals surface area contributed by atoms with Gasteiger partial charge in [0, 0.05) is 13.2 Å². The summed E-state index contributed by atoms with van der Waals surface area (Å²) in [7, 11) is 3.68. The Morgan fingerprint density at radius 1 is 0.639 bits per heavy atom. The second-order valence-electron chi connectivity index (χ2n) is 20.6. The summed E-state index contributed by atoms with van der Waals surface area (Å²) in [6.45, 7) is 13.9. The first kappa shape index (κ1) is 61.8. The lowest BCUT2D eigenvalue weighted by Gasteiger charge is -2.35. The quantitative estimate of drug-likeness (QED) is 0.0493. The second kappa shape index (κ2) is 28.9. The molecule has 0 radical (unpaired) electrons. The smallest absolute Gasteiger partial charge is 0.246 e. The van der Waals surface area contributed by atoms with E-state index in [2.05, 4.69) is 59.6 Å². The van der Waals surface area contributed by atoms with Gasteiger partial charge < -0.3 is 51.2 Å². The SMILES string of the molecule is CN[C@@H](C)C(=S)N[C@H]1CCS[C@H]2CC(C)(C)[C@@H](C(=O)N[C@H](COCCCCCCOC[C@@H](NC(=O)[C@H]3N4C(=O)[C@@H](NC(=S)[C@H](C)NC)CCS[C@H]4CC3(C)C)c3ccccc3)c3ccccc3)N2C1=O.Cl.Cl. The number of benzene rings is 2. The van der Waals surface area contributed by atoms with Gasteiger partial charge in [0.25, 0.3) is 0 Å². The maximum absolute atomic E-state index is 14.4. The summed E-state index contributed by atoms with van der Waals surface area (Å²) in [6.07, 6.45) is 6.30. The predicted octanol–water partition coefficient (Wildman–Crippen LogP) is 7.11. The molecule has 0 aromatic heterocycles. The number of hydrogen-bond acceptors (Lipinski definition) is 12. The van der Waals surface area contributed by atoms with Crippen molar-refractivity contribution in [1.29, 1.82) is 0 Å². The Morgan fingerprint density at radius 3 is 1.35 bits per heavy atom. The van der Waals surface area contributed by atoms with Crippen LogP contribution >= 0.6 is 72.8 Å². The number of hydrogen-bond donors (Lipinski definition) is 6. The Hall–Kier alpha value is -2.78. The summed E-state index contributed by atoms with van der Waals surface area (Å²) in [6, 6.07) is 16.5. The molecule has 6 N–H and O–H groups in total. The maximum Gasteiger partial charge on any atom is 0.246 e. The van der Waals surface area contributed by atoms with E-state index in [1.54, 1.807) is 23.5 Å². The van der Waals surface area contributed by atoms with Gasteiger partial charge in [-0.2, -0.15) is 0 Å². The molecule has 4 amide bonds. The summed E-state index contributed by atoms with van der Waals surface area (Å²) < 4.78 is 12.5. The molecule has 4 fully saturated rings. The number of thiocarbonyl (C=S) groups is 2. The number of carbonyl (C=O) groups excluding carboxylic acids is 4. The summed E-state index contributed by atoms with van der Waals surface area (Å²) in [5.41, 5.74) is 1.02. The molecule has 0 bridgehead atoms. The van der Waals surface area contributed by atoms with Crippen LogP contribution in [0.5, 0.6) is 0 Å². The average molecular weight is 1110 g/mol. The molecule has 2 aromatic rings. The van der Waals surface area contributed by atoms with Crippen LogP contribution in [0.1, 0.15) is 116 Å². The fraction of sp³-hybridized carbons (Fsp3) is 0.654. The number of thioether (sulfide) groups is 2. The van der Waals surface area contributed by atoms with Gasteiger partial charge in [-0.15, -0.1) is 48.3 Å². The number of halogens is 2. The van der Waals surface area contributed by atoms with Gasteiger partial charge in [-0.1, -0.05) is 126 Å². The van der Waals surface area contributed by atoms with Crippen molar-refractivity contribution >= 4 is 106 Å². The van der Waals surface area contributed by atoms with E-state index >= 15 is 0 Å². The molecule has 0 spiro atoms. The lowest BCUT2D eigenvalue weighted by atomic mass is 9.83. The number of amides is 4. The van der Waals surface area contributed by atoms with Gasteiger partial charge >= 0.3 is 0 Å². The standard InChI is InChI=1S/C52H78N8O6S4.2ClH/c1-33(53-7)47(67)57-37-23-27-69-41-29-51(3,4)43(59(41)49(37)63)45(61)55-39(35-19-13-11-14-20-35)31-65-25-17-9-10-18-26-66-32-40(36-21-15-12-16-22-36)56-46(62)44-52(5,6)30-42-60(44)50(64)38(24-28-70-42)58-48(68)34(2)54-8;;/h11-16,19-22,33-34,37-44,53-54H,9-10,17-18,23-32H2,1-8H3,(H,55,61)(H,56,62)(H,57,67)(H,58,68);2*1H/t33-,34-,37-,38-,39+,40+,41-,42-,43+,44+;;/m0../s1. The molecule has 20 heteroatoms. The minimum absolute atomic E-state index is 0. The van der Waals surface area contributed by atoms with Crippen molar-refractivity contribution in [1.82, 2.24) is 41.7 Å². The number of fused-ring (bicyclic) bond motifs is 2. The molecule has 4 aliphatic heterocycles. The fourth-order valence-corrected chi connectivity index (χ4v) is 13.7. The Morgan fingerprint density at radius 2 is 1.00 bits per heavy atom. The van der Waals surface area contributed by atoms with E-state index in [9.17, 15) is 19.2 Å². The molecule has 0 unspecified atom stereocenters. The average Bonchev–Trinajstić information content (AvgIpc) is 3.66. The molecule has 10 atom stereocenters. The summed E-state index contributed by atoms with van der Waals surface area (Å²) in [5.74, 6) is 1.08. The molecule has 14 nitrogen and oxygen atoms in total. The maximum atomic E-state index is 14.4. The third kappa shape index (κ3) is 15.9. The predicted molar refractivity (Wildman–Crippen MR) is 305 cm³/mol. The fourth-order valence-electron chi connectivity index (χ4n) is 10.0. The number of carbonyl (C=O) groups is 4. The van der Waals surface area contributed by atoms with Crippen LogP contribution < -0.4 is 31.9 Å². The Labute approximate surface area is 460 Å². The highest BCUT2D eigenvalue weighted by atomic mass is 35.5. The molecule has 402 valence electrons. The summed E-state index contributed by atoms with van der Waals surface area (Å²) in [4.78, 5) is 62.1. The van der Waals surface area contributed by atoms with Gasteiger partial charge in [-0.05, 0) is 99.9 Å². The van der Waals surface area contributed by atoms with E-state index in [1.165, 1.54) is 0 Å². The third-order valence-corrected chi connectivity index (χ3v) is 17.8. The van der Waals surface area contributed by atoms with E-state index in [4.69, 9.17) is 33.9 Å². The highest BCUT2D eigenvalue weighted by Gasteiger charge is 2.56. The molecular weight excluding hydrogens is 1030 g/mol. The van der Waals surface area contributed by atoms with Gasteiger partial charge in [-0.25, -0.2) is 0 Å². The van der Waals surface area contributed by atoms with Gasteiger partial charge in [0.15, 0.2) is 0 Å². The van der Waals surface area contributed by atoms with E-state index in [0.717, 1.165) is 61.2 Å².